The van der Waals surface area contributed by atoms with Gasteiger partial charge in [-0.1, -0.05) is 6.07 Å². The first-order valence-corrected chi connectivity index (χ1v) is 4.72. The molecule has 0 aliphatic carbocycles. The molecule has 0 saturated heterocycles. The van der Waals surface area contributed by atoms with Crippen LogP contribution in [0.5, 0.6) is 0 Å². The Balaban J connectivity index is 2.84. The second kappa shape index (κ2) is 4.31. The van der Waals surface area contributed by atoms with Crippen LogP contribution >= 0.6 is 0 Å². The lowest BCUT2D eigenvalue weighted by molar-refractivity contribution is 0.529. The molecule has 1 atom stereocenters. The van der Waals surface area contributed by atoms with Crippen LogP contribution in [0.3, 0.4) is 0 Å². The molecule has 1 rings (SSSR count). The molecule has 5 nitrogen and oxygen atoms in total. The smallest absolute Gasteiger partial charge is 0.254 e. The second-order valence-corrected chi connectivity index (χ2v) is 3.30. The molecule has 0 spiro atoms. The highest BCUT2D eigenvalue weighted by atomic mass is 32.2. The van der Waals surface area contributed by atoms with E-state index in [-0.39, 0.29) is 12.2 Å². The summed E-state index contributed by atoms with van der Waals surface area (Å²) >= 11 is -2.09. The average Bonchev–Trinajstić information content (AvgIpc) is 2.07. The standard InChI is InChI=1S/C7H10N2O3S/c1-6-3-2-4-9(7(6)10)5-8-13(11)12/h2-4,8H,5H2,1H3,(H,11,12). The summed E-state index contributed by atoms with van der Waals surface area (Å²) in [4.78, 5) is 11.3. The summed E-state index contributed by atoms with van der Waals surface area (Å²) in [6.07, 6.45) is 1.55. The molecule has 1 heterocycles. The van der Waals surface area contributed by atoms with E-state index in [2.05, 4.69) is 4.72 Å². The predicted octanol–water partition coefficient (Wildman–Crippen LogP) is -0.159. The lowest BCUT2D eigenvalue weighted by Crippen LogP contribution is -2.29. The van der Waals surface area contributed by atoms with E-state index >= 15 is 0 Å². The first kappa shape index (κ1) is 10.1. The molecule has 0 fully saturated rings. The summed E-state index contributed by atoms with van der Waals surface area (Å²) < 4.78 is 22.2. The minimum Gasteiger partial charge on any atom is -0.301 e. The molecule has 0 aliphatic heterocycles. The van der Waals surface area contributed by atoms with E-state index in [4.69, 9.17) is 4.55 Å². The van der Waals surface area contributed by atoms with Gasteiger partial charge in [0.1, 0.15) is 0 Å². The summed E-state index contributed by atoms with van der Waals surface area (Å²) in [7, 11) is 0. The Bertz CT molecular complexity index is 374. The third-order valence-electron chi connectivity index (χ3n) is 1.57. The van der Waals surface area contributed by atoms with Gasteiger partial charge in [0.15, 0.2) is 0 Å². The van der Waals surface area contributed by atoms with Gasteiger partial charge in [0.05, 0.1) is 6.67 Å². The monoisotopic (exact) mass is 202 g/mol. The summed E-state index contributed by atoms with van der Waals surface area (Å²) in [5.74, 6) is 0. The molecule has 0 aliphatic rings. The van der Waals surface area contributed by atoms with Crippen molar-refractivity contribution in [3.63, 3.8) is 0 Å². The molecule has 13 heavy (non-hydrogen) atoms. The van der Waals surface area contributed by atoms with Gasteiger partial charge in [0, 0.05) is 11.8 Å². The zero-order chi connectivity index (χ0) is 9.84. The van der Waals surface area contributed by atoms with E-state index in [0.717, 1.165) is 0 Å². The maximum absolute atomic E-state index is 11.3. The van der Waals surface area contributed by atoms with E-state index in [1.54, 1.807) is 25.3 Å². The van der Waals surface area contributed by atoms with Gasteiger partial charge in [-0.05, 0) is 13.0 Å². The maximum Gasteiger partial charge on any atom is 0.254 e. The number of aromatic nitrogens is 1. The van der Waals surface area contributed by atoms with Gasteiger partial charge in [0.2, 0.25) is 11.3 Å². The van der Waals surface area contributed by atoms with Crippen LogP contribution in [-0.4, -0.2) is 13.3 Å². The topological polar surface area (TPSA) is 71.3 Å². The van der Waals surface area contributed by atoms with E-state index < -0.39 is 11.3 Å². The highest BCUT2D eigenvalue weighted by molar-refractivity contribution is 7.77. The summed E-state index contributed by atoms with van der Waals surface area (Å²) in [6, 6.07) is 3.40. The number of hydrogen-bond acceptors (Lipinski definition) is 2. The molecule has 1 aromatic heterocycles. The van der Waals surface area contributed by atoms with E-state index in [1.165, 1.54) is 4.57 Å². The minimum atomic E-state index is -2.09. The molecule has 0 aromatic carbocycles. The summed E-state index contributed by atoms with van der Waals surface area (Å²) in [6.45, 7) is 1.72. The highest BCUT2D eigenvalue weighted by Crippen LogP contribution is 1.87. The molecule has 0 bridgehead atoms. The van der Waals surface area contributed by atoms with Gasteiger partial charge in [-0.2, -0.15) is 4.72 Å². The molecule has 1 aromatic rings. The molecular weight excluding hydrogens is 192 g/mol. The second-order valence-electron chi connectivity index (χ2n) is 2.52. The van der Waals surface area contributed by atoms with Gasteiger partial charge in [0.25, 0.3) is 5.56 Å². The molecule has 2 N–H and O–H groups in total. The van der Waals surface area contributed by atoms with Crippen molar-refractivity contribution >= 4 is 11.3 Å². The fraction of sp³-hybridized carbons (Fsp3) is 0.286. The maximum atomic E-state index is 11.3. The van der Waals surface area contributed by atoms with E-state index in [1.807, 2.05) is 0 Å². The van der Waals surface area contributed by atoms with Crippen LogP contribution in [0, 0.1) is 6.92 Å². The molecule has 0 saturated carbocycles. The number of rotatable bonds is 3. The number of aryl methyl sites for hydroxylation is 1. The third kappa shape index (κ3) is 2.76. The Morgan fingerprint density at radius 2 is 2.38 bits per heavy atom. The Labute approximate surface area is 77.8 Å². The number of hydrogen-bond donors (Lipinski definition) is 2. The minimum absolute atomic E-state index is 0.0314. The fourth-order valence-corrected chi connectivity index (χ4v) is 1.16. The van der Waals surface area contributed by atoms with E-state index in [9.17, 15) is 9.00 Å². The lowest BCUT2D eigenvalue weighted by Gasteiger charge is -2.04. The van der Waals surface area contributed by atoms with Gasteiger partial charge in [-0.25, -0.2) is 4.21 Å². The van der Waals surface area contributed by atoms with Crippen LogP contribution in [0.15, 0.2) is 23.1 Å². The van der Waals surface area contributed by atoms with Crippen molar-refractivity contribution in [3.8, 4) is 0 Å². The highest BCUT2D eigenvalue weighted by Gasteiger charge is 1.98. The summed E-state index contributed by atoms with van der Waals surface area (Å²) in [5.41, 5.74) is 0.438. The zero-order valence-electron chi connectivity index (χ0n) is 7.06. The third-order valence-corrected chi connectivity index (χ3v) is 1.94. The average molecular weight is 202 g/mol. The SMILES string of the molecule is Cc1cccn(CNS(=O)O)c1=O. The van der Waals surface area contributed by atoms with Gasteiger partial charge in [-0.15, -0.1) is 0 Å². The van der Waals surface area contributed by atoms with Crippen LogP contribution in [0.1, 0.15) is 5.56 Å². The normalized spacial score (nSPS) is 12.8. The van der Waals surface area contributed by atoms with Crippen LogP contribution in [0.4, 0.5) is 0 Å². The van der Waals surface area contributed by atoms with Crippen LogP contribution < -0.4 is 10.3 Å². The van der Waals surface area contributed by atoms with E-state index in [0.29, 0.717) is 5.56 Å². The first-order valence-electron chi connectivity index (χ1n) is 3.61. The molecule has 1 unspecified atom stereocenters. The van der Waals surface area contributed by atoms with Crippen molar-refractivity contribution in [1.82, 2.24) is 9.29 Å². The summed E-state index contributed by atoms with van der Waals surface area (Å²) in [5, 5.41) is 0. The van der Waals surface area contributed by atoms with Crippen LogP contribution in [-0.2, 0) is 17.9 Å². The first-order chi connectivity index (χ1) is 6.11. The van der Waals surface area contributed by atoms with Crippen LogP contribution in [0.2, 0.25) is 0 Å². The Kier molecular flexibility index (Phi) is 3.35. The molecule has 0 amide bonds. The predicted molar refractivity (Wildman–Crippen MR) is 49.3 cm³/mol. The van der Waals surface area contributed by atoms with Crippen LogP contribution in [0.25, 0.3) is 0 Å². The molecule has 72 valence electrons. The Hall–Kier alpha value is -0.980. The van der Waals surface area contributed by atoms with Gasteiger partial charge in [-0.3, -0.25) is 9.35 Å². The molecule has 6 heteroatoms. The fourth-order valence-electron chi connectivity index (χ4n) is 0.906. The Morgan fingerprint density at radius 1 is 1.69 bits per heavy atom. The van der Waals surface area contributed by atoms with Crippen molar-refractivity contribution in [2.75, 3.05) is 0 Å². The molecular formula is C7H10N2O3S. The zero-order valence-corrected chi connectivity index (χ0v) is 7.87. The Morgan fingerprint density at radius 3 is 3.00 bits per heavy atom. The van der Waals surface area contributed by atoms with Gasteiger partial charge < -0.3 is 4.57 Å². The van der Waals surface area contributed by atoms with Crippen molar-refractivity contribution in [2.24, 2.45) is 0 Å². The van der Waals surface area contributed by atoms with Crippen molar-refractivity contribution in [2.45, 2.75) is 13.6 Å². The van der Waals surface area contributed by atoms with Crippen molar-refractivity contribution in [3.05, 3.63) is 34.2 Å². The van der Waals surface area contributed by atoms with Crippen molar-refractivity contribution in [1.29, 1.82) is 0 Å². The number of nitrogens with zero attached hydrogens (tertiary/aromatic N) is 1. The number of pyridine rings is 1. The number of nitrogens with one attached hydrogen (secondary N) is 1. The van der Waals surface area contributed by atoms with Gasteiger partial charge >= 0.3 is 0 Å². The van der Waals surface area contributed by atoms with Crippen molar-refractivity contribution < 1.29 is 8.76 Å². The quantitative estimate of drug-likeness (QED) is 0.669. The molecule has 0 radical (unpaired) electrons. The largest absolute Gasteiger partial charge is 0.301 e. The lowest BCUT2D eigenvalue weighted by atomic mass is 10.3.